The van der Waals surface area contributed by atoms with Gasteiger partial charge < -0.3 is 15.6 Å². The van der Waals surface area contributed by atoms with Crippen molar-refractivity contribution in [2.45, 2.75) is 44.9 Å². The van der Waals surface area contributed by atoms with Crippen molar-refractivity contribution < 1.29 is 14.6 Å². The van der Waals surface area contributed by atoms with Crippen LogP contribution < -0.4 is 5.73 Å². The normalized spacial score (nSPS) is 19.3. The van der Waals surface area contributed by atoms with Gasteiger partial charge in [0.1, 0.15) is 0 Å². The second kappa shape index (κ2) is 5.92. The van der Waals surface area contributed by atoms with Gasteiger partial charge in [0.2, 0.25) is 0 Å². The van der Waals surface area contributed by atoms with E-state index in [0.717, 1.165) is 32.3 Å². The number of aromatic nitrogens is 3. The second-order valence-electron chi connectivity index (χ2n) is 4.39. The molecule has 1 atom stereocenters. The highest BCUT2D eigenvalue weighted by Gasteiger charge is 2.18. The van der Waals surface area contributed by atoms with Crippen molar-refractivity contribution in [3.05, 3.63) is 11.4 Å². The molecule has 100 valence electrons. The van der Waals surface area contributed by atoms with Crippen molar-refractivity contribution in [2.75, 3.05) is 6.61 Å². The predicted octanol–water partition coefficient (Wildman–Crippen LogP) is 0.394. The van der Waals surface area contributed by atoms with Crippen molar-refractivity contribution >= 4 is 5.97 Å². The number of hydrogen-bond donors (Lipinski definition) is 2. The minimum atomic E-state index is -1.08. The lowest BCUT2D eigenvalue weighted by molar-refractivity contribution is 0.0689. The van der Waals surface area contributed by atoms with Crippen LogP contribution in [0, 0.1) is 0 Å². The molecule has 1 aliphatic rings. The topological polar surface area (TPSA) is 103 Å². The van der Waals surface area contributed by atoms with E-state index in [2.05, 4.69) is 10.3 Å². The summed E-state index contributed by atoms with van der Waals surface area (Å²) in [5.74, 6) is -1.08. The number of aryl methyl sites for hydroxylation is 1. The van der Waals surface area contributed by atoms with E-state index in [1.54, 1.807) is 4.68 Å². The van der Waals surface area contributed by atoms with Gasteiger partial charge in [0.25, 0.3) is 0 Å². The zero-order valence-electron chi connectivity index (χ0n) is 10.2. The quantitative estimate of drug-likeness (QED) is 0.761. The first kappa shape index (κ1) is 13.0. The standard InChI is InChI=1S/C11H18N4O3/c12-7-9-10(11(16)17)13-14-15(9)5-1-3-8-4-2-6-18-8/h8H,1-7,12H2,(H,16,17). The van der Waals surface area contributed by atoms with Crippen LogP contribution in [0.2, 0.25) is 0 Å². The van der Waals surface area contributed by atoms with Gasteiger partial charge in [-0.3, -0.25) is 0 Å². The lowest BCUT2D eigenvalue weighted by Crippen LogP contribution is -2.14. The van der Waals surface area contributed by atoms with E-state index in [0.29, 0.717) is 18.3 Å². The first-order valence-corrected chi connectivity index (χ1v) is 6.19. The molecule has 2 heterocycles. The van der Waals surface area contributed by atoms with Gasteiger partial charge in [0.05, 0.1) is 11.8 Å². The maximum atomic E-state index is 10.9. The molecular weight excluding hydrogens is 236 g/mol. The number of carboxylic acids is 1. The number of nitrogens with zero attached hydrogens (tertiary/aromatic N) is 3. The third-order valence-corrected chi connectivity index (χ3v) is 3.15. The molecule has 1 fully saturated rings. The SMILES string of the molecule is NCc1c(C(=O)O)nnn1CCCC1CCCO1. The molecule has 7 nitrogen and oxygen atoms in total. The van der Waals surface area contributed by atoms with E-state index in [-0.39, 0.29) is 12.2 Å². The van der Waals surface area contributed by atoms with Crippen LogP contribution >= 0.6 is 0 Å². The van der Waals surface area contributed by atoms with Gasteiger partial charge >= 0.3 is 5.97 Å². The summed E-state index contributed by atoms with van der Waals surface area (Å²) in [4.78, 5) is 10.9. The fraction of sp³-hybridized carbons (Fsp3) is 0.727. The molecule has 1 aromatic rings. The Labute approximate surface area is 105 Å². The highest BCUT2D eigenvalue weighted by atomic mass is 16.5. The summed E-state index contributed by atoms with van der Waals surface area (Å²) in [6.45, 7) is 1.62. The van der Waals surface area contributed by atoms with Crippen LogP contribution in [-0.4, -0.2) is 38.8 Å². The number of aromatic carboxylic acids is 1. The molecule has 0 saturated carbocycles. The molecule has 0 radical (unpaired) electrons. The monoisotopic (exact) mass is 254 g/mol. The minimum Gasteiger partial charge on any atom is -0.476 e. The van der Waals surface area contributed by atoms with Crippen LogP contribution in [0.15, 0.2) is 0 Å². The van der Waals surface area contributed by atoms with E-state index in [9.17, 15) is 4.79 Å². The molecule has 7 heteroatoms. The molecule has 2 rings (SSSR count). The Morgan fingerprint density at radius 1 is 1.61 bits per heavy atom. The number of nitrogens with two attached hydrogens (primary N) is 1. The molecule has 0 bridgehead atoms. The van der Waals surface area contributed by atoms with E-state index < -0.39 is 5.97 Å². The van der Waals surface area contributed by atoms with Gasteiger partial charge in [0.15, 0.2) is 5.69 Å². The van der Waals surface area contributed by atoms with Gasteiger partial charge in [0, 0.05) is 19.7 Å². The maximum Gasteiger partial charge on any atom is 0.358 e. The Hall–Kier alpha value is -1.47. The summed E-state index contributed by atoms with van der Waals surface area (Å²) < 4.78 is 7.11. The summed E-state index contributed by atoms with van der Waals surface area (Å²) in [6.07, 6.45) is 4.44. The van der Waals surface area contributed by atoms with E-state index in [1.807, 2.05) is 0 Å². The van der Waals surface area contributed by atoms with Crippen LogP contribution in [0.4, 0.5) is 0 Å². The van der Waals surface area contributed by atoms with E-state index in [1.165, 1.54) is 0 Å². The Bertz CT molecular complexity index is 412. The Morgan fingerprint density at radius 3 is 3.06 bits per heavy atom. The fourth-order valence-electron chi connectivity index (χ4n) is 2.22. The lowest BCUT2D eigenvalue weighted by atomic mass is 10.1. The largest absolute Gasteiger partial charge is 0.476 e. The molecular formula is C11H18N4O3. The number of carbonyl (C=O) groups is 1. The minimum absolute atomic E-state index is 0.0467. The molecule has 1 saturated heterocycles. The highest BCUT2D eigenvalue weighted by Crippen LogP contribution is 2.17. The number of carboxylic acid groups (broad SMARTS) is 1. The average molecular weight is 254 g/mol. The van der Waals surface area contributed by atoms with Gasteiger partial charge in [-0.05, 0) is 25.7 Å². The zero-order valence-corrected chi connectivity index (χ0v) is 10.2. The van der Waals surface area contributed by atoms with E-state index >= 15 is 0 Å². The van der Waals surface area contributed by atoms with Crippen molar-refractivity contribution in [3.63, 3.8) is 0 Å². The van der Waals surface area contributed by atoms with Gasteiger partial charge in [-0.15, -0.1) is 5.10 Å². The average Bonchev–Trinajstić information content (AvgIpc) is 2.97. The molecule has 1 aliphatic heterocycles. The Kier molecular flexibility index (Phi) is 4.27. The molecule has 18 heavy (non-hydrogen) atoms. The fourth-order valence-corrected chi connectivity index (χ4v) is 2.22. The van der Waals surface area contributed by atoms with Crippen molar-refractivity contribution in [1.82, 2.24) is 15.0 Å². The lowest BCUT2D eigenvalue weighted by Gasteiger charge is -2.09. The molecule has 0 spiro atoms. The van der Waals surface area contributed by atoms with Crippen LogP contribution in [-0.2, 0) is 17.8 Å². The molecule has 0 amide bonds. The maximum absolute atomic E-state index is 10.9. The van der Waals surface area contributed by atoms with E-state index in [4.69, 9.17) is 15.6 Å². The smallest absolute Gasteiger partial charge is 0.358 e. The number of ether oxygens (including phenoxy) is 1. The van der Waals surface area contributed by atoms with Gasteiger partial charge in [-0.25, -0.2) is 9.48 Å². The molecule has 3 N–H and O–H groups in total. The number of hydrogen-bond acceptors (Lipinski definition) is 5. The summed E-state index contributed by atoms with van der Waals surface area (Å²) in [5, 5.41) is 16.4. The summed E-state index contributed by atoms with van der Waals surface area (Å²) in [7, 11) is 0. The molecule has 0 aliphatic carbocycles. The molecule has 0 aromatic carbocycles. The van der Waals surface area contributed by atoms with Crippen molar-refractivity contribution in [1.29, 1.82) is 0 Å². The third kappa shape index (κ3) is 2.85. The zero-order chi connectivity index (χ0) is 13.0. The summed E-state index contributed by atoms with van der Waals surface area (Å²) >= 11 is 0. The summed E-state index contributed by atoms with van der Waals surface area (Å²) in [6, 6.07) is 0. The predicted molar refractivity (Wildman–Crippen MR) is 63.1 cm³/mol. The molecule has 1 unspecified atom stereocenters. The Morgan fingerprint density at radius 2 is 2.44 bits per heavy atom. The van der Waals surface area contributed by atoms with Crippen molar-refractivity contribution in [2.24, 2.45) is 5.73 Å². The second-order valence-corrected chi connectivity index (χ2v) is 4.39. The molecule has 1 aromatic heterocycles. The van der Waals surface area contributed by atoms with Crippen LogP contribution in [0.25, 0.3) is 0 Å². The highest BCUT2D eigenvalue weighted by molar-refractivity contribution is 5.86. The Balaban J connectivity index is 1.90. The van der Waals surface area contributed by atoms with Crippen LogP contribution in [0.1, 0.15) is 41.9 Å². The van der Waals surface area contributed by atoms with Crippen molar-refractivity contribution in [3.8, 4) is 0 Å². The van der Waals surface area contributed by atoms with Gasteiger partial charge in [-0.2, -0.15) is 0 Å². The van der Waals surface area contributed by atoms with Crippen LogP contribution in [0.5, 0.6) is 0 Å². The number of rotatable bonds is 6. The summed E-state index contributed by atoms with van der Waals surface area (Å²) in [5.41, 5.74) is 5.97. The third-order valence-electron chi connectivity index (χ3n) is 3.15. The van der Waals surface area contributed by atoms with Crippen LogP contribution in [0.3, 0.4) is 0 Å². The van der Waals surface area contributed by atoms with Gasteiger partial charge in [-0.1, -0.05) is 5.21 Å². The first-order chi connectivity index (χ1) is 8.72. The first-order valence-electron chi connectivity index (χ1n) is 6.19.